The second kappa shape index (κ2) is 2.91. The van der Waals surface area contributed by atoms with Gasteiger partial charge in [-0.1, -0.05) is 37.3 Å². The molecule has 1 aromatic carbocycles. The first-order chi connectivity index (χ1) is 5.84. The zero-order valence-electron chi connectivity index (χ0n) is 7.53. The summed E-state index contributed by atoms with van der Waals surface area (Å²) in [4.78, 5) is 0. The van der Waals surface area contributed by atoms with Gasteiger partial charge in [0.05, 0.1) is 6.10 Å². The molecule has 0 saturated heterocycles. The molecule has 0 radical (unpaired) electrons. The number of hydrogen-bond acceptors (Lipinski definition) is 1. The first-order valence-electron chi connectivity index (χ1n) is 4.42. The molecule has 3 atom stereocenters. The molecular formula is C11H14O. The molecule has 1 fully saturated rings. The molecule has 0 bridgehead atoms. The van der Waals surface area contributed by atoms with Crippen molar-refractivity contribution < 1.29 is 4.74 Å². The largest absolute Gasteiger partial charge is 0.381 e. The minimum atomic E-state index is 0.451. The van der Waals surface area contributed by atoms with Crippen LogP contribution in [-0.4, -0.2) is 13.2 Å². The molecule has 64 valence electrons. The fraction of sp³-hybridized carbons (Fsp3) is 0.455. The Morgan fingerprint density at radius 2 is 1.83 bits per heavy atom. The van der Waals surface area contributed by atoms with Gasteiger partial charge in [-0.3, -0.25) is 0 Å². The third-order valence-corrected chi connectivity index (χ3v) is 2.75. The number of benzene rings is 1. The minimum Gasteiger partial charge on any atom is -0.381 e. The van der Waals surface area contributed by atoms with Crippen LogP contribution in [0, 0.1) is 5.92 Å². The average molecular weight is 162 g/mol. The van der Waals surface area contributed by atoms with Crippen LogP contribution in [0.4, 0.5) is 0 Å². The van der Waals surface area contributed by atoms with Crippen LogP contribution in [0.1, 0.15) is 18.4 Å². The van der Waals surface area contributed by atoms with Crippen molar-refractivity contribution in [1.29, 1.82) is 0 Å². The molecule has 1 saturated carbocycles. The lowest BCUT2D eigenvalue weighted by molar-refractivity contribution is 0.168. The van der Waals surface area contributed by atoms with Crippen LogP contribution in [0.5, 0.6) is 0 Å². The van der Waals surface area contributed by atoms with Gasteiger partial charge in [0.2, 0.25) is 0 Å². The zero-order chi connectivity index (χ0) is 8.55. The summed E-state index contributed by atoms with van der Waals surface area (Å²) in [5, 5.41) is 0. The number of methoxy groups -OCH3 is 1. The molecule has 12 heavy (non-hydrogen) atoms. The Bertz CT molecular complexity index is 255. The van der Waals surface area contributed by atoms with Gasteiger partial charge in [-0.2, -0.15) is 0 Å². The molecule has 1 nitrogen and oxygen atoms in total. The fourth-order valence-corrected chi connectivity index (χ4v) is 1.96. The van der Waals surface area contributed by atoms with E-state index in [0.29, 0.717) is 17.9 Å². The molecule has 3 unspecified atom stereocenters. The van der Waals surface area contributed by atoms with Gasteiger partial charge >= 0.3 is 0 Å². The SMILES string of the molecule is COC1C(C)C1c1ccccc1. The smallest absolute Gasteiger partial charge is 0.0675 e. The minimum absolute atomic E-state index is 0.451. The molecule has 0 N–H and O–H groups in total. The molecule has 0 heterocycles. The summed E-state index contributed by atoms with van der Waals surface area (Å²) in [6.07, 6.45) is 0.451. The molecule has 1 aliphatic carbocycles. The van der Waals surface area contributed by atoms with Gasteiger partial charge in [-0.25, -0.2) is 0 Å². The molecule has 0 aliphatic heterocycles. The van der Waals surface area contributed by atoms with Gasteiger partial charge in [0.25, 0.3) is 0 Å². The molecule has 0 amide bonds. The second-order valence-electron chi connectivity index (χ2n) is 3.50. The summed E-state index contributed by atoms with van der Waals surface area (Å²) in [5.41, 5.74) is 1.41. The zero-order valence-corrected chi connectivity index (χ0v) is 7.53. The Balaban J connectivity index is 2.14. The van der Waals surface area contributed by atoms with E-state index < -0.39 is 0 Å². The quantitative estimate of drug-likeness (QED) is 0.649. The summed E-state index contributed by atoms with van der Waals surface area (Å²) in [6.45, 7) is 2.24. The van der Waals surface area contributed by atoms with Crippen molar-refractivity contribution in [1.82, 2.24) is 0 Å². The Kier molecular flexibility index (Phi) is 1.89. The summed E-state index contributed by atoms with van der Waals surface area (Å²) < 4.78 is 5.34. The molecule has 1 aliphatic rings. The van der Waals surface area contributed by atoms with Crippen molar-refractivity contribution in [3.63, 3.8) is 0 Å². The standard InChI is InChI=1S/C11H14O/c1-8-10(11(8)12-2)9-6-4-3-5-7-9/h3-8,10-11H,1-2H3. The van der Waals surface area contributed by atoms with Crippen molar-refractivity contribution in [2.24, 2.45) is 5.92 Å². The van der Waals surface area contributed by atoms with Crippen molar-refractivity contribution in [2.45, 2.75) is 18.9 Å². The Morgan fingerprint density at radius 1 is 1.17 bits per heavy atom. The van der Waals surface area contributed by atoms with Gasteiger partial charge in [-0.15, -0.1) is 0 Å². The van der Waals surface area contributed by atoms with Crippen LogP contribution >= 0.6 is 0 Å². The van der Waals surface area contributed by atoms with Gasteiger partial charge in [0.15, 0.2) is 0 Å². The van der Waals surface area contributed by atoms with Crippen LogP contribution in [-0.2, 0) is 4.74 Å². The fourth-order valence-electron chi connectivity index (χ4n) is 1.96. The van der Waals surface area contributed by atoms with E-state index in [4.69, 9.17) is 4.74 Å². The number of rotatable bonds is 2. The van der Waals surface area contributed by atoms with Gasteiger partial charge in [-0.05, 0) is 11.5 Å². The third-order valence-electron chi connectivity index (χ3n) is 2.75. The molecular weight excluding hydrogens is 148 g/mol. The Labute approximate surface area is 73.4 Å². The number of ether oxygens (including phenoxy) is 1. The Morgan fingerprint density at radius 3 is 2.33 bits per heavy atom. The van der Waals surface area contributed by atoms with E-state index in [1.54, 1.807) is 7.11 Å². The maximum Gasteiger partial charge on any atom is 0.0675 e. The molecule has 1 aromatic rings. The predicted octanol–water partition coefficient (Wildman–Crippen LogP) is 2.43. The van der Waals surface area contributed by atoms with Crippen LogP contribution in [0.15, 0.2) is 30.3 Å². The van der Waals surface area contributed by atoms with Crippen molar-refractivity contribution in [2.75, 3.05) is 7.11 Å². The van der Waals surface area contributed by atoms with Gasteiger partial charge in [0, 0.05) is 13.0 Å². The normalized spacial score (nSPS) is 33.3. The molecule has 0 aromatic heterocycles. The third kappa shape index (κ3) is 1.14. The van der Waals surface area contributed by atoms with Gasteiger partial charge < -0.3 is 4.74 Å². The average Bonchev–Trinajstić information content (AvgIpc) is 2.78. The highest BCUT2D eigenvalue weighted by Crippen LogP contribution is 2.49. The van der Waals surface area contributed by atoms with E-state index in [9.17, 15) is 0 Å². The lowest BCUT2D eigenvalue weighted by Crippen LogP contribution is -1.90. The van der Waals surface area contributed by atoms with E-state index in [2.05, 4.69) is 37.3 Å². The maximum atomic E-state index is 5.34. The van der Waals surface area contributed by atoms with Crippen molar-refractivity contribution in [3.8, 4) is 0 Å². The predicted molar refractivity (Wildman–Crippen MR) is 49.1 cm³/mol. The van der Waals surface area contributed by atoms with E-state index in [1.807, 2.05) is 0 Å². The van der Waals surface area contributed by atoms with Gasteiger partial charge in [0.1, 0.15) is 0 Å². The molecule has 2 rings (SSSR count). The lowest BCUT2D eigenvalue weighted by Gasteiger charge is -1.97. The summed E-state index contributed by atoms with van der Waals surface area (Å²) >= 11 is 0. The van der Waals surface area contributed by atoms with Crippen LogP contribution in [0.25, 0.3) is 0 Å². The topological polar surface area (TPSA) is 9.23 Å². The van der Waals surface area contributed by atoms with Crippen molar-refractivity contribution >= 4 is 0 Å². The lowest BCUT2D eigenvalue weighted by atomic mass is 10.1. The second-order valence-corrected chi connectivity index (χ2v) is 3.50. The van der Waals surface area contributed by atoms with Crippen LogP contribution in [0.3, 0.4) is 0 Å². The summed E-state index contributed by atoms with van der Waals surface area (Å²) in [7, 11) is 1.80. The van der Waals surface area contributed by atoms with E-state index in [1.165, 1.54) is 5.56 Å². The highest BCUT2D eigenvalue weighted by Gasteiger charge is 2.47. The maximum absolute atomic E-state index is 5.34. The highest BCUT2D eigenvalue weighted by molar-refractivity contribution is 5.28. The van der Waals surface area contributed by atoms with Crippen LogP contribution in [0.2, 0.25) is 0 Å². The van der Waals surface area contributed by atoms with E-state index in [-0.39, 0.29) is 0 Å². The Hall–Kier alpha value is -0.820. The first kappa shape index (κ1) is 7.81. The molecule has 0 spiro atoms. The number of hydrogen-bond donors (Lipinski definition) is 0. The van der Waals surface area contributed by atoms with E-state index in [0.717, 1.165) is 0 Å². The monoisotopic (exact) mass is 162 g/mol. The van der Waals surface area contributed by atoms with E-state index >= 15 is 0 Å². The molecule has 1 heteroatoms. The van der Waals surface area contributed by atoms with Crippen molar-refractivity contribution in [3.05, 3.63) is 35.9 Å². The first-order valence-corrected chi connectivity index (χ1v) is 4.42. The van der Waals surface area contributed by atoms with Crippen LogP contribution < -0.4 is 0 Å². The summed E-state index contributed by atoms with van der Waals surface area (Å²) in [5.74, 6) is 1.33. The highest BCUT2D eigenvalue weighted by atomic mass is 16.5. The summed E-state index contributed by atoms with van der Waals surface area (Å²) in [6, 6.07) is 10.6.